The van der Waals surface area contributed by atoms with Crippen LogP contribution < -0.4 is 4.72 Å². The fourth-order valence-corrected chi connectivity index (χ4v) is 2.98. The summed E-state index contributed by atoms with van der Waals surface area (Å²) in [5.41, 5.74) is 0. The largest absolute Gasteiger partial charge is 0.215 e. The van der Waals surface area contributed by atoms with Crippen LogP contribution in [0.3, 0.4) is 0 Å². The number of benzene rings is 1. The fraction of sp³-hybridized carbons (Fsp3) is 0.333. The number of hydrogen-bond donors (Lipinski definition) is 1. The van der Waals surface area contributed by atoms with E-state index < -0.39 is 10.0 Å². The van der Waals surface area contributed by atoms with E-state index in [2.05, 4.69) is 20.7 Å². The standard InChI is InChI=1S/C9H12BrNO2S2/c1-15(12,13)11-6-7-14-9-5-3-2-4-8(9)10/h2-5,11H,6-7H2,1H3. The molecule has 1 aromatic rings. The van der Waals surface area contributed by atoms with Crippen LogP contribution in [0.2, 0.25) is 0 Å². The molecule has 0 aromatic heterocycles. The van der Waals surface area contributed by atoms with Crippen LogP contribution in [0.4, 0.5) is 0 Å². The monoisotopic (exact) mass is 309 g/mol. The molecule has 0 aliphatic heterocycles. The number of rotatable bonds is 5. The molecule has 0 amide bonds. The molecule has 0 spiro atoms. The quantitative estimate of drug-likeness (QED) is 0.669. The van der Waals surface area contributed by atoms with Crippen LogP contribution in [0.25, 0.3) is 0 Å². The molecule has 0 saturated carbocycles. The van der Waals surface area contributed by atoms with Crippen molar-refractivity contribution < 1.29 is 8.42 Å². The molecule has 15 heavy (non-hydrogen) atoms. The normalized spacial score (nSPS) is 11.6. The van der Waals surface area contributed by atoms with E-state index in [0.717, 1.165) is 21.4 Å². The number of sulfonamides is 1. The molecule has 0 atom stereocenters. The van der Waals surface area contributed by atoms with E-state index in [1.165, 1.54) is 0 Å². The van der Waals surface area contributed by atoms with Crippen LogP contribution in [0.1, 0.15) is 0 Å². The lowest BCUT2D eigenvalue weighted by Crippen LogP contribution is -2.24. The third-order valence-electron chi connectivity index (χ3n) is 1.56. The highest BCUT2D eigenvalue weighted by Gasteiger charge is 2.01. The minimum absolute atomic E-state index is 0.449. The van der Waals surface area contributed by atoms with E-state index in [0.29, 0.717) is 6.54 Å². The van der Waals surface area contributed by atoms with Crippen LogP contribution in [0, 0.1) is 0 Å². The molecule has 3 nitrogen and oxygen atoms in total. The van der Waals surface area contributed by atoms with Crippen molar-refractivity contribution >= 4 is 37.7 Å². The Morgan fingerprint density at radius 1 is 1.40 bits per heavy atom. The van der Waals surface area contributed by atoms with Crippen molar-refractivity contribution in [2.24, 2.45) is 0 Å². The zero-order valence-electron chi connectivity index (χ0n) is 8.23. The molecule has 84 valence electrons. The van der Waals surface area contributed by atoms with Gasteiger partial charge in [0.25, 0.3) is 0 Å². The Hall–Kier alpha value is -0.0400. The Kier molecular flexibility index (Phi) is 5.11. The second-order valence-corrected chi connectivity index (χ2v) is 6.77. The summed E-state index contributed by atoms with van der Waals surface area (Å²) in [6, 6.07) is 7.86. The highest BCUT2D eigenvalue weighted by Crippen LogP contribution is 2.26. The Balaban J connectivity index is 2.36. The summed E-state index contributed by atoms with van der Waals surface area (Å²) in [5, 5.41) is 0. The van der Waals surface area contributed by atoms with Crippen molar-refractivity contribution in [3.05, 3.63) is 28.7 Å². The van der Waals surface area contributed by atoms with Crippen molar-refractivity contribution in [3.8, 4) is 0 Å². The van der Waals surface area contributed by atoms with Gasteiger partial charge in [-0.05, 0) is 28.1 Å². The number of nitrogens with one attached hydrogen (secondary N) is 1. The smallest absolute Gasteiger partial charge is 0.208 e. The van der Waals surface area contributed by atoms with E-state index in [1.54, 1.807) is 11.8 Å². The summed E-state index contributed by atoms with van der Waals surface area (Å²) in [4.78, 5) is 1.12. The lowest BCUT2D eigenvalue weighted by Gasteiger charge is -2.04. The molecule has 0 radical (unpaired) electrons. The number of halogens is 1. The second kappa shape index (κ2) is 5.89. The third-order valence-corrected chi connectivity index (χ3v) is 4.32. The predicted molar refractivity (Wildman–Crippen MR) is 67.7 cm³/mol. The predicted octanol–water partition coefficient (Wildman–Crippen LogP) is 2.09. The summed E-state index contributed by atoms with van der Waals surface area (Å²) < 4.78 is 25.0. The van der Waals surface area contributed by atoms with Gasteiger partial charge in [-0.15, -0.1) is 11.8 Å². The van der Waals surface area contributed by atoms with E-state index in [-0.39, 0.29) is 0 Å². The molecule has 0 aliphatic rings. The lowest BCUT2D eigenvalue weighted by atomic mass is 10.4. The average Bonchev–Trinajstić information content (AvgIpc) is 2.13. The van der Waals surface area contributed by atoms with Crippen molar-refractivity contribution in [2.45, 2.75) is 4.90 Å². The summed E-state index contributed by atoms with van der Waals surface area (Å²) in [6.45, 7) is 0.449. The summed E-state index contributed by atoms with van der Waals surface area (Å²) >= 11 is 5.04. The van der Waals surface area contributed by atoms with Gasteiger partial charge in [0.2, 0.25) is 10.0 Å². The maximum absolute atomic E-state index is 10.8. The molecule has 1 aromatic carbocycles. The number of hydrogen-bond acceptors (Lipinski definition) is 3. The summed E-state index contributed by atoms with van der Waals surface area (Å²) in [5.74, 6) is 0.718. The first kappa shape index (κ1) is 13.0. The maximum Gasteiger partial charge on any atom is 0.208 e. The molecular weight excluding hydrogens is 298 g/mol. The SMILES string of the molecule is CS(=O)(=O)NCCSc1ccccc1Br. The van der Waals surface area contributed by atoms with Crippen LogP contribution >= 0.6 is 27.7 Å². The minimum atomic E-state index is -3.06. The van der Waals surface area contributed by atoms with Gasteiger partial charge in [0.15, 0.2) is 0 Å². The Morgan fingerprint density at radius 2 is 2.07 bits per heavy atom. The van der Waals surface area contributed by atoms with Gasteiger partial charge in [-0.2, -0.15) is 0 Å². The topological polar surface area (TPSA) is 46.2 Å². The minimum Gasteiger partial charge on any atom is -0.215 e. The molecule has 1 rings (SSSR count). The highest BCUT2D eigenvalue weighted by atomic mass is 79.9. The van der Waals surface area contributed by atoms with Gasteiger partial charge in [-0.25, -0.2) is 13.1 Å². The average molecular weight is 310 g/mol. The summed E-state index contributed by atoms with van der Waals surface area (Å²) in [6.07, 6.45) is 1.16. The molecule has 0 unspecified atom stereocenters. The van der Waals surface area contributed by atoms with E-state index in [9.17, 15) is 8.42 Å². The van der Waals surface area contributed by atoms with Gasteiger partial charge in [-0.1, -0.05) is 12.1 Å². The zero-order valence-corrected chi connectivity index (χ0v) is 11.5. The maximum atomic E-state index is 10.8. The van der Waals surface area contributed by atoms with Crippen molar-refractivity contribution in [2.75, 3.05) is 18.6 Å². The second-order valence-electron chi connectivity index (χ2n) is 2.95. The fourth-order valence-electron chi connectivity index (χ4n) is 0.950. The van der Waals surface area contributed by atoms with Gasteiger partial charge in [0.05, 0.1) is 6.26 Å². The van der Waals surface area contributed by atoms with Crippen LogP contribution in [0.15, 0.2) is 33.6 Å². The molecule has 1 N–H and O–H groups in total. The third kappa shape index (κ3) is 5.55. The molecule has 0 fully saturated rings. The van der Waals surface area contributed by atoms with Gasteiger partial charge >= 0.3 is 0 Å². The highest BCUT2D eigenvalue weighted by molar-refractivity contribution is 9.10. The van der Waals surface area contributed by atoms with Gasteiger partial charge in [0, 0.05) is 21.7 Å². The number of thioether (sulfide) groups is 1. The molecule has 6 heteroatoms. The van der Waals surface area contributed by atoms with Gasteiger partial charge in [0.1, 0.15) is 0 Å². The van der Waals surface area contributed by atoms with Crippen LogP contribution in [-0.4, -0.2) is 27.0 Å². The summed E-state index contributed by atoms with van der Waals surface area (Å²) in [7, 11) is -3.06. The molecular formula is C9H12BrNO2S2. The molecule has 0 bridgehead atoms. The molecule has 0 aliphatic carbocycles. The van der Waals surface area contributed by atoms with E-state index in [4.69, 9.17) is 0 Å². The first-order valence-corrected chi connectivity index (χ1v) is 7.98. The van der Waals surface area contributed by atoms with E-state index >= 15 is 0 Å². The van der Waals surface area contributed by atoms with Crippen molar-refractivity contribution in [1.82, 2.24) is 4.72 Å². The Morgan fingerprint density at radius 3 is 2.67 bits per heavy atom. The first-order chi connectivity index (χ1) is 6.99. The van der Waals surface area contributed by atoms with Gasteiger partial charge in [-0.3, -0.25) is 0 Å². The van der Waals surface area contributed by atoms with Crippen LogP contribution in [-0.2, 0) is 10.0 Å². The Labute approximate surface area is 103 Å². The van der Waals surface area contributed by atoms with Crippen molar-refractivity contribution in [3.63, 3.8) is 0 Å². The van der Waals surface area contributed by atoms with Crippen LogP contribution in [0.5, 0.6) is 0 Å². The zero-order chi connectivity index (χ0) is 11.3. The molecule has 0 saturated heterocycles. The van der Waals surface area contributed by atoms with E-state index in [1.807, 2.05) is 24.3 Å². The Bertz CT molecular complexity index is 420. The molecule has 0 heterocycles. The van der Waals surface area contributed by atoms with Gasteiger partial charge < -0.3 is 0 Å². The van der Waals surface area contributed by atoms with Crippen molar-refractivity contribution in [1.29, 1.82) is 0 Å². The first-order valence-electron chi connectivity index (χ1n) is 4.31. The lowest BCUT2D eigenvalue weighted by molar-refractivity contribution is 0.590.